The molecule has 1 aromatic heterocycles. The lowest BCUT2D eigenvalue weighted by Gasteiger charge is -2.23. The van der Waals surface area contributed by atoms with E-state index in [0.717, 1.165) is 30.8 Å². The highest BCUT2D eigenvalue weighted by Crippen LogP contribution is 2.20. The van der Waals surface area contributed by atoms with Gasteiger partial charge in [-0.15, -0.1) is 0 Å². The van der Waals surface area contributed by atoms with Gasteiger partial charge in [0.25, 0.3) is 0 Å². The van der Waals surface area contributed by atoms with Gasteiger partial charge >= 0.3 is 0 Å². The molecule has 144 valence electrons. The first-order valence-electron chi connectivity index (χ1n) is 9.47. The van der Waals surface area contributed by atoms with Gasteiger partial charge in [-0.05, 0) is 55.1 Å². The fourth-order valence-electron chi connectivity index (χ4n) is 3.38. The van der Waals surface area contributed by atoms with Crippen molar-refractivity contribution in [2.75, 3.05) is 18.4 Å². The number of hydrogen-bond donors (Lipinski definition) is 2. The van der Waals surface area contributed by atoms with Gasteiger partial charge in [-0.1, -0.05) is 26.0 Å². The summed E-state index contributed by atoms with van der Waals surface area (Å²) in [6, 6.07) is 11.2. The molecule has 1 fully saturated rings. The van der Waals surface area contributed by atoms with E-state index in [1.165, 1.54) is 5.56 Å². The van der Waals surface area contributed by atoms with Gasteiger partial charge in [0.15, 0.2) is 0 Å². The lowest BCUT2D eigenvalue weighted by molar-refractivity contribution is -0.126. The molecule has 0 bridgehead atoms. The van der Waals surface area contributed by atoms with Gasteiger partial charge in [0.1, 0.15) is 5.76 Å². The van der Waals surface area contributed by atoms with Crippen LogP contribution in [0.1, 0.15) is 43.9 Å². The zero-order valence-corrected chi connectivity index (χ0v) is 15.9. The number of hydrogen-bond acceptors (Lipinski definition) is 4. The summed E-state index contributed by atoms with van der Waals surface area (Å²) in [7, 11) is 0. The van der Waals surface area contributed by atoms with Gasteiger partial charge in [-0.25, -0.2) is 0 Å². The topological polar surface area (TPSA) is 74.6 Å². The summed E-state index contributed by atoms with van der Waals surface area (Å²) in [4.78, 5) is 26.9. The van der Waals surface area contributed by atoms with Crippen LogP contribution in [-0.2, 0) is 16.1 Å². The minimum absolute atomic E-state index is 0.0569. The monoisotopic (exact) mass is 369 g/mol. The van der Waals surface area contributed by atoms with Crippen molar-refractivity contribution in [2.45, 2.75) is 45.2 Å². The molecule has 1 aliphatic rings. The molecular weight excluding hydrogens is 342 g/mol. The van der Waals surface area contributed by atoms with Crippen molar-refractivity contribution in [1.29, 1.82) is 0 Å². The number of nitrogens with zero attached hydrogens (tertiary/aromatic N) is 1. The second-order valence-corrected chi connectivity index (χ2v) is 7.25. The molecule has 6 heteroatoms. The number of amides is 2. The fourth-order valence-corrected chi connectivity index (χ4v) is 3.38. The summed E-state index contributed by atoms with van der Waals surface area (Å²) < 4.78 is 5.24. The molecule has 1 aromatic carbocycles. The molecule has 3 rings (SSSR count). The van der Waals surface area contributed by atoms with Crippen molar-refractivity contribution >= 4 is 17.5 Å². The lowest BCUT2D eigenvalue weighted by Crippen LogP contribution is -2.45. The number of furan rings is 1. The standard InChI is InChI=1S/C21H27N3O3/c1-15(2)16-6-3-7-17(12-16)23-20(25)14-24-10-4-9-19(24)21(26)22-13-18-8-5-11-27-18/h3,5-8,11-12,15,19H,4,9-10,13-14H2,1-2H3,(H,22,26)(H,23,25). The number of nitrogens with one attached hydrogen (secondary N) is 2. The highest BCUT2D eigenvalue weighted by molar-refractivity contribution is 5.93. The number of benzene rings is 1. The summed E-state index contributed by atoms with van der Waals surface area (Å²) in [6.07, 6.45) is 3.26. The SMILES string of the molecule is CC(C)c1cccc(NC(=O)CN2CCCC2C(=O)NCc2ccco2)c1. The van der Waals surface area contributed by atoms with Crippen LogP contribution < -0.4 is 10.6 Å². The van der Waals surface area contributed by atoms with E-state index in [-0.39, 0.29) is 24.4 Å². The van der Waals surface area contributed by atoms with Crippen LogP contribution in [0.3, 0.4) is 0 Å². The quantitative estimate of drug-likeness (QED) is 0.786. The van der Waals surface area contributed by atoms with Crippen molar-refractivity contribution in [3.05, 3.63) is 54.0 Å². The molecule has 1 unspecified atom stereocenters. The first-order chi connectivity index (χ1) is 13.0. The van der Waals surface area contributed by atoms with Crippen LogP contribution in [0.25, 0.3) is 0 Å². The molecule has 27 heavy (non-hydrogen) atoms. The minimum Gasteiger partial charge on any atom is -0.467 e. The van der Waals surface area contributed by atoms with Crippen molar-refractivity contribution in [3.63, 3.8) is 0 Å². The van der Waals surface area contributed by atoms with Gasteiger partial charge in [0.2, 0.25) is 11.8 Å². The van der Waals surface area contributed by atoms with Crippen molar-refractivity contribution in [1.82, 2.24) is 10.2 Å². The molecule has 2 amide bonds. The lowest BCUT2D eigenvalue weighted by atomic mass is 10.0. The Labute approximate surface area is 159 Å². The van der Waals surface area contributed by atoms with Gasteiger partial charge in [0, 0.05) is 5.69 Å². The summed E-state index contributed by atoms with van der Waals surface area (Å²) in [5.74, 6) is 0.971. The van der Waals surface area contributed by atoms with Crippen LogP contribution in [0.15, 0.2) is 47.1 Å². The predicted octanol–water partition coefficient (Wildman–Crippen LogP) is 3.12. The summed E-state index contributed by atoms with van der Waals surface area (Å²) >= 11 is 0. The maximum atomic E-state index is 12.5. The third kappa shape index (κ3) is 5.20. The maximum Gasteiger partial charge on any atom is 0.238 e. The van der Waals surface area contributed by atoms with Crippen LogP contribution in [0.2, 0.25) is 0 Å². The molecule has 1 saturated heterocycles. The fraction of sp³-hybridized carbons (Fsp3) is 0.429. The minimum atomic E-state index is -0.271. The number of rotatable bonds is 7. The predicted molar refractivity (Wildman–Crippen MR) is 104 cm³/mol. The number of carbonyl (C=O) groups is 2. The molecule has 0 saturated carbocycles. The van der Waals surface area contributed by atoms with Crippen LogP contribution in [-0.4, -0.2) is 35.8 Å². The summed E-state index contributed by atoms with van der Waals surface area (Å²) in [6.45, 7) is 5.57. The van der Waals surface area contributed by atoms with E-state index in [0.29, 0.717) is 12.5 Å². The Hall–Kier alpha value is -2.60. The first kappa shape index (κ1) is 19.2. The molecule has 2 N–H and O–H groups in total. The Bertz CT molecular complexity index is 771. The maximum absolute atomic E-state index is 12.5. The normalized spacial score (nSPS) is 17.2. The van der Waals surface area contributed by atoms with Gasteiger partial charge < -0.3 is 15.1 Å². The van der Waals surface area contributed by atoms with Crippen LogP contribution in [0.5, 0.6) is 0 Å². The summed E-state index contributed by atoms with van der Waals surface area (Å²) in [5.41, 5.74) is 1.98. The zero-order valence-electron chi connectivity index (χ0n) is 15.9. The van der Waals surface area contributed by atoms with E-state index in [2.05, 4.69) is 30.5 Å². The second-order valence-electron chi connectivity index (χ2n) is 7.25. The number of likely N-dealkylation sites (tertiary alicyclic amines) is 1. The Morgan fingerprint density at radius 2 is 2.11 bits per heavy atom. The van der Waals surface area contributed by atoms with Gasteiger partial charge in [-0.2, -0.15) is 0 Å². The third-order valence-corrected chi connectivity index (χ3v) is 4.87. The Morgan fingerprint density at radius 3 is 2.85 bits per heavy atom. The molecule has 0 spiro atoms. The van der Waals surface area contributed by atoms with E-state index < -0.39 is 0 Å². The van der Waals surface area contributed by atoms with Crippen LogP contribution in [0.4, 0.5) is 5.69 Å². The van der Waals surface area contributed by atoms with Crippen LogP contribution >= 0.6 is 0 Å². The number of anilines is 1. The largest absolute Gasteiger partial charge is 0.467 e. The highest BCUT2D eigenvalue weighted by Gasteiger charge is 2.31. The average molecular weight is 369 g/mol. The molecule has 2 aromatic rings. The Morgan fingerprint density at radius 1 is 1.26 bits per heavy atom. The van der Waals surface area contributed by atoms with E-state index >= 15 is 0 Å². The van der Waals surface area contributed by atoms with E-state index in [4.69, 9.17) is 4.42 Å². The van der Waals surface area contributed by atoms with E-state index in [9.17, 15) is 9.59 Å². The Balaban J connectivity index is 1.53. The van der Waals surface area contributed by atoms with Crippen molar-refractivity contribution in [3.8, 4) is 0 Å². The smallest absolute Gasteiger partial charge is 0.238 e. The molecule has 6 nitrogen and oxygen atoms in total. The second kappa shape index (κ2) is 8.86. The summed E-state index contributed by atoms with van der Waals surface area (Å²) in [5, 5.41) is 5.84. The third-order valence-electron chi connectivity index (χ3n) is 4.87. The van der Waals surface area contributed by atoms with Crippen LogP contribution in [0, 0.1) is 0 Å². The molecule has 1 aliphatic heterocycles. The van der Waals surface area contributed by atoms with Crippen molar-refractivity contribution < 1.29 is 14.0 Å². The average Bonchev–Trinajstić information content (AvgIpc) is 3.31. The highest BCUT2D eigenvalue weighted by atomic mass is 16.3. The van der Waals surface area contributed by atoms with Gasteiger partial charge in [0.05, 0.1) is 25.4 Å². The molecule has 1 atom stereocenters. The zero-order chi connectivity index (χ0) is 19.2. The molecule has 0 radical (unpaired) electrons. The molecular formula is C21H27N3O3. The van der Waals surface area contributed by atoms with Gasteiger partial charge in [-0.3, -0.25) is 14.5 Å². The first-order valence-corrected chi connectivity index (χ1v) is 9.47. The van der Waals surface area contributed by atoms with E-state index in [1.807, 2.05) is 29.2 Å². The van der Waals surface area contributed by atoms with Crippen molar-refractivity contribution in [2.24, 2.45) is 0 Å². The molecule has 2 heterocycles. The molecule has 0 aliphatic carbocycles. The van der Waals surface area contributed by atoms with E-state index in [1.54, 1.807) is 12.3 Å². The Kier molecular flexibility index (Phi) is 6.29. The number of carbonyl (C=O) groups excluding carboxylic acids is 2.